The fourth-order valence-corrected chi connectivity index (χ4v) is 1.25. The first-order valence-electron chi connectivity index (χ1n) is 4.42. The van der Waals surface area contributed by atoms with E-state index in [0.717, 1.165) is 0 Å². The van der Waals surface area contributed by atoms with Gasteiger partial charge in [-0.25, -0.2) is 0 Å². The zero-order chi connectivity index (χ0) is 11.5. The lowest BCUT2D eigenvalue weighted by Gasteiger charge is -2.04. The summed E-state index contributed by atoms with van der Waals surface area (Å²) in [6.07, 6.45) is 0. The monoisotopic (exact) mass is 226 g/mol. The van der Waals surface area contributed by atoms with Gasteiger partial charge in [-0.05, 0) is 12.1 Å². The molecule has 2 N–H and O–H groups in total. The van der Waals surface area contributed by atoms with Crippen molar-refractivity contribution in [2.75, 3.05) is 5.73 Å². The summed E-state index contributed by atoms with van der Waals surface area (Å²) in [6, 6.07) is 7.60. The van der Waals surface area contributed by atoms with Crippen LogP contribution in [0.2, 0.25) is 0 Å². The molecule has 0 amide bonds. The number of ether oxygens (including phenoxy) is 1. The molecule has 0 atom stereocenters. The minimum Gasteiger partial charge on any atom is -0.435 e. The van der Waals surface area contributed by atoms with Gasteiger partial charge in [0.25, 0.3) is 0 Å². The van der Waals surface area contributed by atoms with Crippen molar-refractivity contribution in [3.8, 4) is 17.1 Å². The number of benzene rings is 1. The molecule has 1 aromatic carbocycles. The van der Waals surface area contributed by atoms with Gasteiger partial charge in [0.05, 0.1) is 0 Å². The Morgan fingerprint density at radius 1 is 1.31 bits per heavy atom. The molecule has 0 aliphatic heterocycles. The average Bonchev–Trinajstić information content (AvgIpc) is 2.64. The van der Waals surface area contributed by atoms with Crippen LogP contribution in [0, 0.1) is 0 Å². The minimum absolute atomic E-state index is 0.0578. The molecule has 0 aliphatic rings. The van der Waals surface area contributed by atoms with Crippen molar-refractivity contribution in [3.63, 3.8) is 0 Å². The predicted octanol–water partition coefficient (Wildman–Crippen LogP) is 2.53. The minimum atomic E-state index is -2.85. The third-order valence-electron chi connectivity index (χ3n) is 1.87. The van der Waals surface area contributed by atoms with Gasteiger partial charge in [0.1, 0.15) is 5.75 Å². The van der Waals surface area contributed by atoms with Gasteiger partial charge in [0, 0.05) is 11.6 Å². The SMILES string of the molecule is Nc1cc(-c2cccc(OC(F)F)c2)on1. The van der Waals surface area contributed by atoms with Crippen LogP contribution >= 0.6 is 0 Å². The van der Waals surface area contributed by atoms with Crippen LogP contribution in [0.5, 0.6) is 5.75 Å². The zero-order valence-electron chi connectivity index (χ0n) is 8.06. The van der Waals surface area contributed by atoms with Gasteiger partial charge < -0.3 is 15.0 Å². The molecule has 16 heavy (non-hydrogen) atoms. The molecule has 0 radical (unpaired) electrons. The van der Waals surface area contributed by atoms with Crippen LogP contribution in [0.3, 0.4) is 0 Å². The van der Waals surface area contributed by atoms with Gasteiger partial charge >= 0.3 is 6.61 Å². The van der Waals surface area contributed by atoms with E-state index in [1.165, 1.54) is 18.2 Å². The van der Waals surface area contributed by atoms with Gasteiger partial charge in [-0.2, -0.15) is 8.78 Å². The van der Waals surface area contributed by atoms with Crippen LogP contribution in [-0.2, 0) is 0 Å². The third kappa shape index (κ3) is 2.28. The highest BCUT2D eigenvalue weighted by Crippen LogP contribution is 2.25. The number of nitrogens with zero attached hydrogens (tertiary/aromatic N) is 1. The van der Waals surface area contributed by atoms with Gasteiger partial charge in [0.2, 0.25) is 0 Å². The van der Waals surface area contributed by atoms with E-state index in [4.69, 9.17) is 10.3 Å². The second-order valence-corrected chi connectivity index (χ2v) is 3.02. The predicted molar refractivity (Wildman–Crippen MR) is 53.0 cm³/mol. The molecule has 2 aromatic rings. The molecule has 6 heteroatoms. The van der Waals surface area contributed by atoms with Crippen LogP contribution < -0.4 is 10.5 Å². The molecular weight excluding hydrogens is 218 g/mol. The number of hydrogen-bond donors (Lipinski definition) is 1. The number of hydrogen-bond acceptors (Lipinski definition) is 4. The Hall–Kier alpha value is -2.11. The Morgan fingerprint density at radius 2 is 2.12 bits per heavy atom. The van der Waals surface area contributed by atoms with E-state index in [-0.39, 0.29) is 11.6 Å². The highest BCUT2D eigenvalue weighted by Gasteiger charge is 2.08. The van der Waals surface area contributed by atoms with Crippen molar-refractivity contribution < 1.29 is 18.0 Å². The largest absolute Gasteiger partial charge is 0.435 e. The van der Waals surface area contributed by atoms with E-state index in [1.807, 2.05) is 0 Å². The van der Waals surface area contributed by atoms with Gasteiger partial charge in [0.15, 0.2) is 11.6 Å². The summed E-state index contributed by atoms with van der Waals surface area (Å²) in [5.74, 6) is 0.690. The molecule has 0 bridgehead atoms. The molecular formula is C10H8F2N2O2. The van der Waals surface area contributed by atoms with E-state index in [9.17, 15) is 8.78 Å². The highest BCUT2D eigenvalue weighted by atomic mass is 19.3. The lowest BCUT2D eigenvalue weighted by molar-refractivity contribution is -0.0498. The average molecular weight is 226 g/mol. The first kappa shape index (κ1) is 10.4. The van der Waals surface area contributed by atoms with E-state index in [0.29, 0.717) is 11.3 Å². The molecule has 0 spiro atoms. The number of nitrogen functional groups attached to an aromatic ring is 1. The maximum absolute atomic E-state index is 12.0. The van der Waals surface area contributed by atoms with Crippen molar-refractivity contribution in [2.45, 2.75) is 6.61 Å². The molecule has 4 nitrogen and oxygen atoms in total. The number of halogens is 2. The van der Waals surface area contributed by atoms with Crippen molar-refractivity contribution >= 4 is 5.82 Å². The van der Waals surface area contributed by atoms with E-state index in [2.05, 4.69) is 9.89 Å². The van der Waals surface area contributed by atoms with Crippen molar-refractivity contribution in [3.05, 3.63) is 30.3 Å². The normalized spacial score (nSPS) is 10.7. The van der Waals surface area contributed by atoms with Crippen molar-refractivity contribution in [1.82, 2.24) is 5.16 Å². The molecule has 0 unspecified atom stereocenters. The number of aromatic nitrogens is 1. The van der Waals surface area contributed by atoms with Crippen LogP contribution in [0.25, 0.3) is 11.3 Å². The lowest BCUT2D eigenvalue weighted by atomic mass is 10.1. The van der Waals surface area contributed by atoms with Gasteiger partial charge in [-0.15, -0.1) is 0 Å². The second kappa shape index (κ2) is 4.18. The topological polar surface area (TPSA) is 61.3 Å². The van der Waals surface area contributed by atoms with Crippen LogP contribution in [0.1, 0.15) is 0 Å². The zero-order valence-corrected chi connectivity index (χ0v) is 8.06. The molecule has 0 saturated carbocycles. The lowest BCUT2D eigenvalue weighted by Crippen LogP contribution is -2.01. The summed E-state index contributed by atoms with van der Waals surface area (Å²) in [7, 11) is 0. The van der Waals surface area contributed by atoms with Crippen molar-refractivity contribution in [1.29, 1.82) is 0 Å². The summed E-state index contributed by atoms with van der Waals surface area (Å²) in [5, 5.41) is 3.50. The van der Waals surface area contributed by atoms with Gasteiger partial charge in [-0.1, -0.05) is 17.3 Å². The molecule has 1 aromatic heterocycles. The summed E-state index contributed by atoms with van der Waals surface area (Å²) in [6.45, 7) is -2.85. The molecule has 0 aliphatic carbocycles. The Bertz CT molecular complexity index is 485. The highest BCUT2D eigenvalue weighted by molar-refractivity contribution is 5.61. The standard InChI is InChI=1S/C10H8F2N2O2/c11-10(12)15-7-3-1-2-6(4-7)8-5-9(13)14-16-8/h1-5,10H,(H2,13,14). The Balaban J connectivity index is 2.28. The third-order valence-corrected chi connectivity index (χ3v) is 1.87. The fraction of sp³-hybridized carbons (Fsp3) is 0.100. The Labute approximate surface area is 89.6 Å². The van der Waals surface area contributed by atoms with E-state index < -0.39 is 6.61 Å². The van der Waals surface area contributed by atoms with E-state index >= 15 is 0 Å². The van der Waals surface area contributed by atoms with E-state index in [1.54, 1.807) is 12.1 Å². The number of nitrogens with two attached hydrogens (primary N) is 1. The van der Waals surface area contributed by atoms with Crippen molar-refractivity contribution in [2.24, 2.45) is 0 Å². The smallest absolute Gasteiger partial charge is 0.387 e. The maximum atomic E-state index is 12.0. The first-order chi connectivity index (χ1) is 7.65. The molecule has 84 valence electrons. The van der Waals surface area contributed by atoms with Crippen LogP contribution in [0.4, 0.5) is 14.6 Å². The summed E-state index contributed by atoms with van der Waals surface area (Å²) < 4.78 is 33.1. The quantitative estimate of drug-likeness (QED) is 0.873. The molecule has 0 fully saturated rings. The van der Waals surface area contributed by atoms with Crippen LogP contribution in [-0.4, -0.2) is 11.8 Å². The summed E-state index contributed by atoms with van der Waals surface area (Å²) in [4.78, 5) is 0. The first-order valence-corrected chi connectivity index (χ1v) is 4.42. The number of anilines is 1. The summed E-state index contributed by atoms with van der Waals surface area (Å²) >= 11 is 0. The number of alkyl halides is 2. The van der Waals surface area contributed by atoms with Gasteiger partial charge in [-0.3, -0.25) is 0 Å². The molecule has 0 saturated heterocycles. The number of rotatable bonds is 3. The maximum Gasteiger partial charge on any atom is 0.387 e. The molecule has 1 heterocycles. The van der Waals surface area contributed by atoms with Crippen LogP contribution in [0.15, 0.2) is 34.9 Å². The fourth-order valence-electron chi connectivity index (χ4n) is 1.25. The summed E-state index contributed by atoms with van der Waals surface area (Å²) in [5.41, 5.74) is 5.95. The second-order valence-electron chi connectivity index (χ2n) is 3.02. The molecule has 2 rings (SSSR count). The Morgan fingerprint density at radius 3 is 2.75 bits per heavy atom. The Kier molecular flexibility index (Phi) is 2.72.